The molecule has 0 aliphatic carbocycles. The summed E-state index contributed by atoms with van der Waals surface area (Å²) >= 11 is 0. The quantitative estimate of drug-likeness (QED) is 0.374. The van der Waals surface area contributed by atoms with Gasteiger partial charge in [-0.15, -0.1) is 0 Å². The maximum absolute atomic E-state index is 11.9. The van der Waals surface area contributed by atoms with E-state index < -0.39 is 10.9 Å². The average Bonchev–Trinajstić information content (AvgIpc) is 2.96. The third-order valence-electron chi connectivity index (χ3n) is 3.29. The molecule has 0 saturated carbocycles. The SMILES string of the molecule is N#Cc1ccc(/C=C2\N=C(c3ccc([N+](=O)[O-])cc3)OC2=O)cc1. The Labute approximate surface area is 136 Å². The van der Waals surface area contributed by atoms with Crippen LogP contribution in [-0.4, -0.2) is 16.8 Å². The minimum atomic E-state index is -0.604. The van der Waals surface area contributed by atoms with Gasteiger partial charge < -0.3 is 4.74 Å². The molecule has 24 heavy (non-hydrogen) atoms. The van der Waals surface area contributed by atoms with Crippen LogP contribution in [0.15, 0.2) is 59.2 Å². The van der Waals surface area contributed by atoms with E-state index in [-0.39, 0.29) is 17.3 Å². The molecule has 2 aromatic carbocycles. The molecule has 116 valence electrons. The number of nitrogens with zero attached hydrogens (tertiary/aromatic N) is 3. The highest BCUT2D eigenvalue weighted by atomic mass is 16.6. The molecule has 7 nitrogen and oxygen atoms in total. The largest absolute Gasteiger partial charge is 0.402 e. The molecule has 3 rings (SSSR count). The van der Waals surface area contributed by atoms with E-state index in [1.165, 1.54) is 24.3 Å². The lowest BCUT2D eigenvalue weighted by Gasteiger charge is -1.98. The second-order valence-corrected chi connectivity index (χ2v) is 4.87. The number of non-ortho nitro benzene ring substituents is 1. The van der Waals surface area contributed by atoms with E-state index in [0.29, 0.717) is 16.7 Å². The van der Waals surface area contributed by atoms with Crippen LogP contribution in [0.2, 0.25) is 0 Å². The first kappa shape index (κ1) is 15.1. The van der Waals surface area contributed by atoms with Crippen LogP contribution in [0.5, 0.6) is 0 Å². The van der Waals surface area contributed by atoms with Crippen molar-refractivity contribution >= 4 is 23.6 Å². The van der Waals surface area contributed by atoms with Crippen LogP contribution in [-0.2, 0) is 9.53 Å². The maximum atomic E-state index is 11.9. The number of nitro benzene ring substituents is 1. The number of carbonyl (C=O) groups excluding carboxylic acids is 1. The number of hydrogen-bond donors (Lipinski definition) is 0. The number of nitro groups is 1. The van der Waals surface area contributed by atoms with Gasteiger partial charge in [-0.3, -0.25) is 10.1 Å². The summed E-state index contributed by atoms with van der Waals surface area (Å²) in [5.74, 6) is -0.512. The first-order chi connectivity index (χ1) is 11.6. The summed E-state index contributed by atoms with van der Waals surface area (Å²) in [6.07, 6.45) is 1.54. The van der Waals surface area contributed by atoms with Crippen molar-refractivity contribution in [2.75, 3.05) is 0 Å². The van der Waals surface area contributed by atoms with Gasteiger partial charge in [0.15, 0.2) is 5.70 Å². The Kier molecular flexibility index (Phi) is 3.87. The average molecular weight is 319 g/mol. The van der Waals surface area contributed by atoms with Gasteiger partial charge in [-0.25, -0.2) is 9.79 Å². The Morgan fingerprint density at radius 1 is 1.12 bits per heavy atom. The lowest BCUT2D eigenvalue weighted by Crippen LogP contribution is -2.05. The predicted molar refractivity (Wildman–Crippen MR) is 84.9 cm³/mol. The summed E-state index contributed by atoms with van der Waals surface area (Å²) < 4.78 is 5.10. The lowest BCUT2D eigenvalue weighted by atomic mass is 10.1. The van der Waals surface area contributed by atoms with E-state index in [1.807, 2.05) is 6.07 Å². The number of carbonyl (C=O) groups is 1. The highest BCUT2D eigenvalue weighted by molar-refractivity contribution is 6.12. The molecule has 7 heteroatoms. The summed E-state index contributed by atoms with van der Waals surface area (Å²) in [5.41, 5.74) is 1.75. The highest BCUT2D eigenvalue weighted by Crippen LogP contribution is 2.21. The van der Waals surface area contributed by atoms with Crippen LogP contribution in [0.1, 0.15) is 16.7 Å². The normalized spacial score (nSPS) is 14.9. The van der Waals surface area contributed by atoms with Crippen LogP contribution >= 0.6 is 0 Å². The van der Waals surface area contributed by atoms with Crippen molar-refractivity contribution in [3.05, 3.63) is 81.0 Å². The van der Waals surface area contributed by atoms with Crippen molar-refractivity contribution in [3.63, 3.8) is 0 Å². The molecule has 1 aliphatic rings. The van der Waals surface area contributed by atoms with Crippen molar-refractivity contribution in [1.29, 1.82) is 5.26 Å². The topological polar surface area (TPSA) is 106 Å². The minimum absolute atomic E-state index is 0.0583. The summed E-state index contributed by atoms with van der Waals surface area (Å²) in [5, 5.41) is 19.4. The fraction of sp³-hybridized carbons (Fsp3) is 0. The van der Waals surface area contributed by atoms with Crippen molar-refractivity contribution in [1.82, 2.24) is 0 Å². The fourth-order valence-electron chi connectivity index (χ4n) is 2.07. The minimum Gasteiger partial charge on any atom is -0.402 e. The zero-order valence-electron chi connectivity index (χ0n) is 12.2. The number of esters is 1. The molecule has 0 amide bonds. The van der Waals surface area contributed by atoms with Crippen molar-refractivity contribution in [2.45, 2.75) is 0 Å². The van der Waals surface area contributed by atoms with E-state index in [4.69, 9.17) is 10.00 Å². The van der Waals surface area contributed by atoms with Gasteiger partial charge in [0, 0.05) is 17.7 Å². The lowest BCUT2D eigenvalue weighted by molar-refractivity contribution is -0.384. The van der Waals surface area contributed by atoms with Crippen LogP contribution in [0.4, 0.5) is 5.69 Å². The van der Waals surface area contributed by atoms with Gasteiger partial charge in [-0.1, -0.05) is 12.1 Å². The molecular weight excluding hydrogens is 310 g/mol. The Morgan fingerprint density at radius 3 is 2.38 bits per heavy atom. The third-order valence-corrected chi connectivity index (χ3v) is 3.29. The summed E-state index contributed by atoms with van der Waals surface area (Å²) in [6.45, 7) is 0. The Morgan fingerprint density at radius 2 is 1.79 bits per heavy atom. The van der Waals surface area contributed by atoms with Crippen molar-refractivity contribution in [2.24, 2.45) is 4.99 Å². The number of rotatable bonds is 3. The Hall–Kier alpha value is -3.79. The van der Waals surface area contributed by atoms with E-state index in [1.54, 1.807) is 30.3 Å². The first-order valence-corrected chi connectivity index (χ1v) is 6.84. The van der Waals surface area contributed by atoms with Crippen LogP contribution < -0.4 is 0 Å². The van der Waals surface area contributed by atoms with Gasteiger partial charge in [-0.2, -0.15) is 5.26 Å². The molecule has 0 radical (unpaired) electrons. The highest BCUT2D eigenvalue weighted by Gasteiger charge is 2.24. The number of benzene rings is 2. The molecule has 1 heterocycles. The van der Waals surface area contributed by atoms with Gasteiger partial charge in [0.25, 0.3) is 5.69 Å². The van der Waals surface area contributed by atoms with E-state index >= 15 is 0 Å². The van der Waals surface area contributed by atoms with E-state index in [9.17, 15) is 14.9 Å². The second kappa shape index (κ2) is 6.14. The summed E-state index contributed by atoms with van der Waals surface area (Å²) in [4.78, 5) is 26.2. The zero-order valence-corrected chi connectivity index (χ0v) is 12.2. The smallest absolute Gasteiger partial charge is 0.363 e. The molecule has 0 aromatic heterocycles. The van der Waals surface area contributed by atoms with Gasteiger partial charge in [0.05, 0.1) is 16.6 Å². The van der Waals surface area contributed by atoms with Crippen LogP contribution in [0, 0.1) is 21.4 Å². The monoisotopic (exact) mass is 319 g/mol. The number of ether oxygens (including phenoxy) is 1. The first-order valence-electron chi connectivity index (χ1n) is 6.84. The standard InChI is InChI=1S/C17H9N3O4/c18-10-12-3-1-11(2-4-12)9-15-17(21)24-16(19-15)13-5-7-14(8-6-13)20(22)23/h1-9H/b15-9-. The van der Waals surface area contributed by atoms with Gasteiger partial charge in [0.1, 0.15) is 0 Å². The number of nitriles is 1. The summed E-state index contributed by atoms with van der Waals surface area (Å²) in [6, 6.07) is 14.2. The van der Waals surface area contributed by atoms with E-state index in [0.717, 1.165) is 0 Å². The molecule has 0 fully saturated rings. The third kappa shape index (κ3) is 3.03. The van der Waals surface area contributed by atoms with Crippen LogP contribution in [0.3, 0.4) is 0 Å². The van der Waals surface area contributed by atoms with Crippen molar-refractivity contribution < 1.29 is 14.5 Å². The van der Waals surface area contributed by atoms with Crippen molar-refractivity contribution in [3.8, 4) is 6.07 Å². The molecule has 0 unspecified atom stereocenters. The van der Waals surface area contributed by atoms with Gasteiger partial charge >= 0.3 is 5.97 Å². The number of cyclic esters (lactones) is 1. The molecule has 0 bridgehead atoms. The molecule has 2 aromatic rings. The van der Waals surface area contributed by atoms with Crippen LogP contribution in [0.25, 0.3) is 6.08 Å². The summed E-state index contributed by atoms with van der Waals surface area (Å²) in [7, 11) is 0. The van der Waals surface area contributed by atoms with Gasteiger partial charge in [0.2, 0.25) is 5.90 Å². The number of aliphatic imine (C=N–C) groups is 1. The Bertz CT molecular complexity index is 920. The number of hydrogen-bond acceptors (Lipinski definition) is 6. The molecule has 0 saturated heterocycles. The zero-order chi connectivity index (χ0) is 17.1. The second-order valence-electron chi connectivity index (χ2n) is 4.87. The van der Waals surface area contributed by atoms with E-state index in [2.05, 4.69) is 4.99 Å². The molecule has 0 spiro atoms. The maximum Gasteiger partial charge on any atom is 0.363 e. The molecule has 0 N–H and O–H groups in total. The van der Waals surface area contributed by atoms with Gasteiger partial charge in [-0.05, 0) is 35.9 Å². The molecule has 0 atom stereocenters. The predicted octanol–water partition coefficient (Wildman–Crippen LogP) is 2.81. The Balaban J connectivity index is 1.88. The fourth-order valence-corrected chi connectivity index (χ4v) is 2.07. The molecule has 1 aliphatic heterocycles. The molecular formula is C17H9N3O4.